The van der Waals surface area contributed by atoms with Crippen LogP contribution in [-0.2, 0) is 22.7 Å². The monoisotopic (exact) mass is 432 g/mol. The summed E-state index contributed by atoms with van der Waals surface area (Å²) in [4.78, 5) is 23.6. The first-order chi connectivity index (χ1) is 13.8. The van der Waals surface area contributed by atoms with Crippen LogP contribution < -0.4 is 5.32 Å². The van der Waals surface area contributed by atoms with Crippen molar-refractivity contribution in [1.29, 1.82) is 0 Å². The van der Waals surface area contributed by atoms with E-state index in [0.717, 1.165) is 11.1 Å². The van der Waals surface area contributed by atoms with Crippen LogP contribution in [0.1, 0.15) is 34.2 Å². The summed E-state index contributed by atoms with van der Waals surface area (Å²) in [6, 6.07) is 12.3. The van der Waals surface area contributed by atoms with Crippen LogP contribution in [0.5, 0.6) is 0 Å². The number of hydrogen-bond acceptors (Lipinski definition) is 5. The third-order valence-electron chi connectivity index (χ3n) is 4.14. The van der Waals surface area contributed by atoms with Crippen molar-refractivity contribution in [1.82, 2.24) is 15.0 Å². The molecule has 29 heavy (non-hydrogen) atoms. The van der Waals surface area contributed by atoms with Crippen molar-refractivity contribution in [2.45, 2.75) is 27.0 Å². The molecule has 7 nitrogen and oxygen atoms in total. The first-order valence-electron chi connectivity index (χ1n) is 8.71. The number of esters is 1. The molecular weight excluding hydrogens is 415 g/mol. The minimum absolute atomic E-state index is 0.137. The predicted molar refractivity (Wildman–Crippen MR) is 110 cm³/mol. The molecule has 1 heterocycles. The summed E-state index contributed by atoms with van der Waals surface area (Å²) in [7, 11) is 0. The number of nitrogens with zero attached hydrogens (tertiary/aromatic N) is 3. The molecule has 3 rings (SSSR count). The molecule has 150 valence electrons. The minimum Gasteiger partial charge on any atom is -0.461 e. The number of carbonyl (C=O) groups is 2. The smallest absolute Gasteiger partial charge is 0.302 e. The summed E-state index contributed by atoms with van der Waals surface area (Å²) in [5.41, 5.74) is 3.05. The molecule has 0 saturated carbocycles. The molecule has 0 aliphatic rings. The normalized spacial score (nSPS) is 10.6. The number of rotatable bonds is 6. The van der Waals surface area contributed by atoms with Crippen LogP contribution >= 0.6 is 23.2 Å². The number of carbonyl (C=O) groups excluding carboxylic acids is 2. The maximum Gasteiger partial charge on any atom is 0.302 e. The van der Waals surface area contributed by atoms with E-state index < -0.39 is 0 Å². The molecule has 1 amide bonds. The molecule has 0 aliphatic carbocycles. The Balaban J connectivity index is 1.71. The average Bonchev–Trinajstić information content (AvgIpc) is 3.04. The number of halogens is 2. The van der Waals surface area contributed by atoms with Crippen molar-refractivity contribution in [3.8, 4) is 0 Å². The molecule has 0 bridgehead atoms. The Kier molecular flexibility index (Phi) is 6.51. The van der Waals surface area contributed by atoms with E-state index in [1.54, 1.807) is 48.0 Å². The van der Waals surface area contributed by atoms with Crippen LogP contribution in [0.3, 0.4) is 0 Å². The van der Waals surface area contributed by atoms with Crippen LogP contribution in [0.15, 0.2) is 42.5 Å². The molecule has 2 aromatic carbocycles. The fraction of sp³-hybridized carbons (Fsp3) is 0.200. The first kappa shape index (κ1) is 20.8. The zero-order valence-electron chi connectivity index (χ0n) is 15.8. The van der Waals surface area contributed by atoms with Crippen molar-refractivity contribution in [3.05, 3.63) is 75.0 Å². The van der Waals surface area contributed by atoms with Gasteiger partial charge in [-0.25, -0.2) is 4.68 Å². The average molecular weight is 433 g/mol. The summed E-state index contributed by atoms with van der Waals surface area (Å²) < 4.78 is 6.59. The zero-order chi connectivity index (χ0) is 21.0. The van der Waals surface area contributed by atoms with E-state index in [0.29, 0.717) is 28.0 Å². The molecule has 0 saturated heterocycles. The Bertz CT molecular complexity index is 1070. The number of ether oxygens (including phenoxy) is 1. The highest BCUT2D eigenvalue weighted by Crippen LogP contribution is 2.23. The fourth-order valence-corrected chi connectivity index (χ4v) is 2.97. The second-order valence-corrected chi connectivity index (χ2v) is 7.18. The Labute approximate surface area is 177 Å². The first-order valence-corrected chi connectivity index (χ1v) is 9.46. The molecule has 0 fully saturated rings. The van der Waals surface area contributed by atoms with Gasteiger partial charge < -0.3 is 10.1 Å². The molecule has 0 spiro atoms. The maximum atomic E-state index is 12.6. The second-order valence-electron chi connectivity index (χ2n) is 6.36. The molecule has 1 N–H and O–H groups in total. The molecule has 0 atom stereocenters. The molecular formula is C20H18Cl2N4O3. The molecule has 9 heteroatoms. The predicted octanol–water partition coefficient (Wildman–Crippen LogP) is 4.26. The summed E-state index contributed by atoms with van der Waals surface area (Å²) in [5, 5.41) is 11.8. The summed E-state index contributed by atoms with van der Waals surface area (Å²) in [5.74, 6) is -0.749. The molecule has 0 radical (unpaired) electrons. The Morgan fingerprint density at radius 2 is 1.90 bits per heavy atom. The van der Waals surface area contributed by atoms with Gasteiger partial charge in [0.25, 0.3) is 5.91 Å². The maximum absolute atomic E-state index is 12.6. The lowest BCUT2D eigenvalue weighted by Crippen LogP contribution is -2.14. The van der Waals surface area contributed by atoms with E-state index in [1.807, 2.05) is 6.07 Å². The van der Waals surface area contributed by atoms with E-state index in [4.69, 9.17) is 27.9 Å². The lowest BCUT2D eigenvalue weighted by molar-refractivity contribution is -0.142. The summed E-state index contributed by atoms with van der Waals surface area (Å²) in [6.45, 7) is 3.65. The van der Waals surface area contributed by atoms with Gasteiger partial charge in [-0.05, 0) is 42.3 Å². The van der Waals surface area contributed by atoms with Crippen LogP contribution in [0, 0.1) is 6.92 Å². The lowest BCUT2D eigenvalue weighted by Gasteiger charge is -2.08. The Morgan fingerprint density at radius 3 is 2.62 bits per heavy atom. The topological polar surface area (TPSA) is 86.1 Å². The second kappa shape index (κ2) is 9.07. The number of nitrogens with one attached hydrogen (secondary N) is 1. The molecule has 0 unspecified atom stereocenters. The van der Waals surface area contributed by atoms with E-state index in [9.17, 15) is 9.59 Å². The SMILES string of the molecule is CC(=O)OCc1cccc(NC(=O)c2nnn(Cc3ccc(Cl)c(Cl)c3)c2C)c1. The third-order valence-corrected chi connectivity index (χ3v) is 4.88. The van der Waals surface area contributed by atoms with Gasteiger partial charge in [-0.1, -0.05) is 46.6 Å². The van der Waals surface area contributed by atoms with Crippen molar-refractivity contribution < 1.29 is 14.3 Å². The van der Waals surface area contributed by atoms with Crippen LogP contribution in [0.4, 0.5) is 5.69 Å². The lowest BCUT2D eigenvalue weighted by atomic mass is 10.2. The van der Waals surface area contributed by atoms with Gasteiger partial charge in [-0.15, -0.1) is 5.10 Å². The van der Waals surface area contributed by atoms with Crippen molar-refractivity contribution in [2.75, 3.05) is 5.32 Å². The van der Waals surface area contributed by atoms with Gasteiger partial charge in [0.2, 0.25) is 0 Å². The van der Waals surface area contributed by atoms with Crippen molar-refractivity contribution in [2.24, 2.45) is 0 Å². The molecule has 3 aromatic rings. The third kappa shape index (κ3) is 5.34. The fourth-order valence-electron chi connectivity index (χ4n) is 2.65. The summed E-state index contributed by atoms with van der Waals surface area (Å²) >= 11 is 12.0. The van der Waals surface area contributed by atoms with Gasteiger partial charge in [0.05, 0.1) is 22.3 Å². The highest BCUT2D eigenvalue weighted by Gasteiger charge is 2.17. The van der Waals surface area contributed by atoms with Crippen LogP contribution in [-0.4, -0.2) is 26.9 Å². The minimum atomic E-state index is -0.382. The number of amides is 1. The van der Waals surface area contributed by atoms with E-state index in [1.165, 1.54) is 6.92 Å². The van der Waals surface area contributed by atoms with E-state index in [-0.39, 0.29) is 24.2 Å². The number of hydrogen-bond donors (Lipinski definition) is 1. The largest absolute Gasteiger partial charge is 0.461 e. The highest BCUT2D eigenvalue weighted by atomic mass is 35.5. The van der Waals surface area contributed by atoms with Crippen molar-refractivity contribution in [3.63, 3.8) is 0 Å². The van der Waals surface area contributed by atoms with Gasteiger partial charge in [0.1, 0.15) is 6.61 Å². The standard InChI is InChI=1S/C20H18Cl2N4O3/c1-12-19(24-25-26(12)10-14-6-7-17(21)18(22)9-14)20(28)23-16-5-3-4-15(8-16)11-29-13(2)27/h3-9H,10-11H2,1-2H3,(H,23,28). The zero-order valence-corrected chi connectivity index (χ0v) is 17.3. The van der Waals surface area contributed by atoms with Gasteiger partial charge in [0, 0.05) is 12.6 Å². The quantitative estimate of drug-likeness (QED) is 0.588. The number of aromatic nitrogens is 3. The Morgan fingerprint density at radius 1 is 1.10 bits per heavy atom. The molecule has 0 aliphatic heterocycles. The number of benzene rings is 2. The van der Waals surface area contributed by atoms with Gasteiger partial charge in [-0.3, -0.25) is 9.59 Å². The van der Waals surface area contributed by atoms with Crippen molar-refractivity contribution >= 4 is 40.8 Å². The highest BCUT2D eigenvalue weighted by molar-refractivity contribution is 6.42. The van der Waals surface area contributed by atoms with Crippen LogP contribution in [0.25, 0.3) is 0 Å². The van der Waals surface area contributed by atoms with Gasteiger partial charge >= 0.3 is 5.97 Å². The number of anilines is 1. The summed E-state index contributed by atoms with van der Waals surface area (Å²) in [6.07, 6.45) is 0. The van der Waals surface area contributed by atoms with Crippen LogP contribution in [0.2, 0.25) is 10.0 Å². The Hall–Kier alpha value is -2.90. The van der Waals surface area contributed by atoms with Gasteiger partial charge in [0.15, 0.2) is 5.69 Å². The van der Waals surface area contributed by atoms with E-state index in [2.05, 4.69) is 15.6 Å². The molecule has 1 aromatic heterocycles. The van der Waals surface area contributed by atoms with E-state index >= 15 is 0 Å². The van der Waals surface area contributed by atoms with Gasteiger partial charge in [-0.2, -0.15) is 0 Å².